The number of nitrogens with two attached hydrogens (primary N) is 1. The van der Waals surface area contributed by atoms with Gasteiger partial charge in [0.15, 0.2) is 6.61 Å². The maximum atomic E-state index is 11.3. The van der Waals surface area contributed by atoms with E-state index in [0.717, 1.165) is 18.3 Å². The summed E-state index contributed by atoms with van der Waals surface area (Å²) in [5.74, 6) is 1.19. The van der Waals surface area contributed by atoms with E-state index in [1.54, 1.807) is 0 Å². The number of esters is 1. The maximum Gasteiger partial charge on any atom is 0.306 e. The van der Waals surface area contributed by atoms with Crippen molar-refractivity contribution in [1.29, 1.82) is 0 Å². The molecule has 2 aliphatic carbocycles. The molecule has 4 nitrogen and oxygen atoms in total. The molecule has 2 aliphatic rings. The number of carbonyl (C=O) groups excluding carboxylic acids is 2. The minimum absolute atomic E-state index is 0.272. The Kier molecular flexibility index (Phi) is 2.93. The predicted octanol–water partition coefficient (Wildman–Crippen LogP) is 0.841. The Labute approximate surface area is 89.2 Å². The molecule has 2 rings (SSSR count). The molecule has 84 valence electrons. The number of hydrogen-bond donors (Lipinski definition) is 1. The topological polar surface area (TPSA) is 69.4 Å². The summed E-state index contributed by atoms with van der Waals surface area (Å²) in [6, 6.07) is 0. The molecule has 0 aliphatic heterocycles. The summed E-state index contributed by atoms with van der Waals surface area (Å²) in [4.78, 5) is 21.8. The molecule has 0 aromatic carbocycles. The molecular formula is C11H17NO3. The molecule has 0 aromatic rings. The van der Waals surface area contributed by atoms with Gasteiger partial charge in [0.25, 0.3) is 5.91 Å². The molecular weight excluding hydrogens is 194 g/mol. The molecule has 0 saturated heterocycles. The summed E-state index contributed by atoms with van der Waals surface area (Å²) < 4.78 is 4.76. The minimum Gasteiger partial charge on any atom is -0.456 e. The molecule has 0 spiro atoms. The van der Waals surface area contributed by atoms with Crippen LogP contribution in [0.15, 0.2) is 0 Å². The van der Waals surface area contributed by atoms with Crippen LogP contribution in [0.5, 0.6) is 0 Å². The van der Waals surface area contributed by atoms with Crippen molar-refractivity contribution in [2.75, 3.05) is 6.61 Å². The van der Waals surface area contributed by atoms with E-state index in [2.05, 4.69) is 0 Å². The fourth-order valence-electron chi connectivity index (χ4n) is 3.05. The van der Waals surface area contributed by atoms with Gasteiger partial charge in [0.05, 0.1) is 0 Å². The van der Waals surface area contributed by atoms with Crippen molar-refractivity contribution in [3.8, 4) is 0 Å². The SMILES string of the molecule is NC(=O)COC(=O)C[C@H]1C[C@@H]2CC[C@H]1C2. The van der Waals surface area contributed by atoms with Gasteiger partial charge in [-0.1, -0.05) is 6.42 Å². The largest absolute Gasteiger partial charge is 0.456 e. The second-order valence-corrected chi connectivity index (χ2v) is 4.77. The number of primary amides is 1. The Morgan fingerprint density at radius 3 is 2.60 bits per heavy atom. The van der Waals surface area contributed by atoms with Gasteiger partial charge in [0, 0.05) is 6.42 Å². The summed E-state index contributed by atoms with van der Waals surface area (Å²) in [6.45, 7) is -0.278. The first kappa shape index (κ1) is 10.5. The second-order valence-electron chi connectivity index (χ2n) is 4.77. The van der Waals surface area contributed by atoms with E-state index >= 15 is 0 Å². The number of carbonyl (C=O) groups is 2. The van der Waals surface area contributed by atoms with Crippen LogP contribution in [0.3, 0.4) is 0 Å². The van der Waals surface area contributed by atoms with Gasteiger partial charge in [-0.05, 0) is 37.0 Å². The fraction of sp³-hybridized carbons (Fsp3) is 0.818. The van der Waals surface area contributed by atoms with E-state index in [1.165, 1.54) is 19.3 Å². The summed E-state index contributed by atoms with van der Waals surface area (Å²) in [5.41, 5.74) is 4.89. The average Bonchev–Trinajstić information content (AvgIpc) is 2.76. The molecule has 4 heteroatoms. The van der Waals surface area contributed by atoms with Crippen LogP contribution in [0, 0.1) is 17.8 Å². The highest BCUT2D eigenvalue weighted by atomic mass is 16.5. The number of fused-ring (bicyclic) bond motifs is 2. The third kappa shape index (κ3) is 2.49. The molecule has 2 N–H and O–H groups in total. The van der Waals surface area contributed by atoms with Crippen molar-refractivity contribution in [3.63, 3.8) is 0 Å². The Morgan fingerprint density at radius 2 is 2.07 bits per heavy atom. The molecule has 2 fully saturated rings. The zero-order valence-electron chi connectivity index (χ0n) is 8.78. The average molecular weight is 211 g/mol. The highest BCUT2D eigenvalue weighted by Crippen LogP contribution is 2.49. The quantitative estimate of drug-likeness (QED) is 0.700. The van der Waals surface area contributed by atoms with Crippen LogP contribution in [-0.2, 0) is 14.3 Å². The lowest BCUT2D eigenvalue weighted by atomic mass is 9.86. The second kappa shape index (κ2) is 4.21. The van der Waals surface area contributed by atoms with E-state index in [4.69, 9.17) is 10.5 Å². The van der Waals surface area contributed by atoms with E-state index < -0.39 is 5.91 Å². The summed E-state index contributed by atoms with van der Waals surface area (Å²) in [5, 5.41) is 0. The standard InChI is InChI=1S/C11H17NO3/c12-10(13)6-15-11(14)5-9-4-7-1-2-8(9)3-7/h7-9H,1-6H2,(H2,12,13)/t7-,8+,9-/m1/s1. The lowest BCUT2D eigenvalue weighted by Gasteiger charge is -2.20. The minimum atomic E-state index is -0.587. The Balaban J connectivity index is 1.73. The van der Waals surface area contributed by atoms with Gasteiger partial charge in [-0.3, -0.25) is 9.59 Å². The van der Waals surface area contributed by atoms with Crippen molar-refractivity contribution in [2.45, 2.75) is 32.1 Å². The van der Waals surface area contributed by atoms with Crippen molar-refractivity contribution in [2.24, 2.45) is 23.5 Å². The smallest absolute Gasteiger partial charge is 0.306 e. The van der Waals surface area contributed by atoms with Crippen molar-refractivity contribution >= 4 is 11.9 Å². The molecule has 15 heavy (non-hydrogen) atoms. The normalized spacial score (nSPS) is 32.9. The first-order valence-corrected chi connectivity index (χ1v) is 5.59. The highest BCUT2D eigenvalue weighted by molar-refractivity contribution is 5.79. The third-order valence-electron chi connectivity index (χ3n) is 3.69. The van der Waals surface area contributed by atoms with E-state index in [-0.39, 0.29) is 12.6 Å². The zero-order valence-corrected chi connectivity index (χ0v) is 8.78. The molecule has 0 aromatic heterocycles. The van der Waals surface area contributed by atoms with Gasteiger partial charge in [-0.2, -0.15) is 0 Å². The van der Waals surface area contributed by atoms with Gasteiger partial charge >= 0.3 is 5.97 Å². The predicted molar refractivity (Wildman–Crippen MR) is 53.7 cm³/mol. The van der Waals surface area contributed by atoms with Crippen molar-refractivity contribution in [1.82, 2.24) is 0 Å². The van der Waals surface area contributed by atoms with Crippen LogP contribution >= 0.6 is 0 Å². The molecule has 0 heterocycles. The van der Waals surface area contributed by atoms with E-state index in [1.807, 2.05) is 0 Å². The molecule has 0 unspecified atom stereocenters. The molecule has 3 atom stereocenters. The van der Waals surface area contributed by atoms with Gasteiger partial charge in [-0.25, -0.2) is 0 Å². The van der Waals surface area contributed by atoms with Crippen molar-refractivity contribution in [3.05, 3.63) is 0 Å². The van der Waals surface area contributed by atoms with E-state index in [9.17, 15) is 9.59 Å². The number of rotatable bonds is 4. The number of hydrogen-bond acceptors (Lipinski definition) is 3. The van der Waals surface area contributed by atoms with Crippen LogP contribution in [0.2, 0.25) is 0 Å². The molecule has 2 saturated carbocycles. The summed E-state index contributed by atoms with van der Waals surface area (Å²) >= 11 is 0. The third-order valence-corrected chi connectivity index (χ3v) is 3.69. The Morgan fingerprint density at radius 1 is 1.27 bits per heavy atom. The van der Waals surface area contributed by atoms with E-state index in [0.29, 0.717) is 12.3 Å². The van der Waals surface area contributed by atoms with Crippen LogP contribution in [0.4, 0.5) is 0 Å². The molecule has 2 bridgehead atoms. The first-order chi connectivity index (χ1) is 7.15. The maximum absolute atomic E-state index is 11.3. The van der Waals surface area contributed by atoms with Gasteiger partial charge < -0.3 is 10.5 Å². The van der Waals surface area contributed by atoms with Crippen LogP contribution in [0.1, 0.15) is 32.1 Å². The zero-order chi connectivity index (χ0) is 10.8. The van der Waals surface area contributed by atoms with Crippen LogP contribution < -0.4 is 5.73 Å². The highest BCUT2D eigenvalue weighted by Gasteiger charge is 2.40. The van der Waals surface area contributed by atoms with Gasteiger partial charge in [0.1, 0.15) is 0 Å². The van der Waals surface area contributed by atoms with Gasteiger partial charge in [0.2, 0.25) is 0 Å². The first-order valence-electron chi connectivity index (χ1n) is 5.59. The molecule has 0 radical (unpaired) electrons. The van der Waals surface area contributed by atoms with Crippen LogP contribution in [0.25, 0.3) is 0 Å². The Bertz CT molecular complexity index is 277. The van der Waals surface area contributed by atoms with Crippen LogP contribution in [-0.4, -0.2) is 18.5 Å². The number of amides is 1. The number of ether oxygens (including phenoxy) is 1. The Hall–Kier alpha value is -1.06. The fourth-order valence-corrected chi connectivity index (χ4v) is 3.05. The summed E-state index contributed by atoms with van der Waals surface area (Å²) in [6.07, 6.45) is 5.51. The summed E-state index contributed by atoms with van der Waals surface area (Å²) in [7, 11) is 0. The van der Waals surface area contributed by atoms with Crippen molar-refractivity contribution < 1.29 is 14.3 Å². The molecule has 1 amide bonds. The monoisotopic (exact) mass is 211 g/mol. The van der Waals surface area contributed by atoms with Gasteiger partial charge in [-0.15, -0.1) is 0 Å². The lowest BCUT2D eigenvalue weighted by molar-refractivity contribution is -0.149. The lowest BCUT2D eigenvalue weighted by Crippen LogP contribution is -2.23.